The van der Waals surface area contributed by atoms with Crippen LogP contribution in [-0.2, 0) is 6.42 Å². The van der Waals surface area contributed by atoms with E-state index in [-0.39, 0.29) is 18.9 Å². The first kappa shape index (κ1) is 21.7. The number of alkyl halides is 2. The molecule has 1 N–H and O–H groups in total. The second-order valence-electron chi connectivity index (χ2n) is 7.34. The van der Waals surface area contributed by atoms with E-state index in [9.17, 15) is 13.6 Å². The number of nitrogens with one attached hydrogen (secondary N) is 1. The number of benzene rings is 2. The molecule has 158 valence electrons. The number of rotatable bonds is 4. The van der Waals surface area contributed by atoms with E-state index in [1.165, 1.54) is 4.90 Å². The Hall–Kier alpha value is -3.02. The van der Waals surface area contributed by atoms with Crippen LogP contribution < -0.4 is 0 Å². The summed E-state index contributed by atoms with van der Waals surface area (Å²) < 4.78 is 26.9. The normalized spacial score (nSPS) is 15.0. The molecule has 3 aromatic rings. The van der Waals surface area contributed by atoms with E-state index in [2.05, 4.69) is 28.9 Å². The number of fused-ring (bicyclic) bond motifs is 1. The number of aromatic nitrogens is 2. The van der Waals surface area contributed by atoms with Gasteiger partial charge in [0.05, 0.1) is 12.1 Å². The van der Waals surface area contributed by atoms with Gasteiger partial charge in [-0.2, -0.15) is 5.10 Å². The number of amides is 1. The summed E-state index contributed by atoms with van der Waals surface area (Å²) in [6.45, 7) is 9.44. The Morgan fingerprint density at radius 1 is 1.27 bits per heavy atom. The quantitative estimate of drug-likeness (QED) is 0.606. The van der Waals surface area contributed by atoms with Gasteiger partial charge in [0, 0.05) is 36.0 Å². The Labute approximate surface area is 175 Å². The molecule has 30 heavy (non-hydrogen) atoms. The second-order valence-corrected chi connectivity index (χ2v) is 7.34. The Bertz CT molecular complexity index is 1070. The molecule has 2 aromatic carbocycles. The zero-order chi connectivity index (χ0) is 21.9. The molecule has 1 aromatic heterocycles. The van der Waals surface area contributed by atoms with Gasteiger partial charge in [0.25, 0.3) is 11.8 Å². The maximum Gasteiger partial charge on any atom is 0.267 e. The number of likely N-dealkylation sites (tertiary alicyclic amines) is 1. The number of nitrogens with zero attached hydrogens (tertiary/aromatic N) is 2. The topological polar surface area (TPSA) is 49.0 Å². The lowest BCUT2D eigenvalue weighted by atomic mass is 10.0. The smallest absolute Gasteiger partial charge is 0.267 e. The molecule has 2 heterocycles. The van der Waals surface area contributed by atoms with Crippen molar-refractivity contribution in [1.29, 1.82) is 0 Å². The molecule has 0 spiro atoms. The molecule has 0 unspecified atom stereocenters. The summed E-state index contributed by atoms with van der Waals surface area (Å²) in [7, 11) is 0. The van der Waals surface area contributed by atoms with Crippen molar-refractivity contribution >= 4 is 22.9 Å². The molecule has 1 amide bonds. The summed E-state index contributed by atoms with van der Waals surface area (Å²) in [6.07, 6.45) is 2.17. The number of carbonyl (C=O) groups is 1. The van der Waals surface area contributed by atoms with Crippen LogP contribution in [0.15, 0.2) is 43.0 Å². The van der Waals surface area contributed by atoms with Crippen LogP contribution >= 0.6 is 0 Å². The van der Waals surface area contributed by atoms with Crippen LogP contribution in [0.25, 0.3) is 17.0 Å². The number of aryl methyl sites for hydroxylation is 1. The lowest BCUT2D eigenvalue weighted by Crippen LogP contribution is -2.31. The Kier molecular flexibility index (Phi) is 6.34. The number of halogens is 2. The third kappa shape index (κ3) is 4.42. The molecule has 4 nitrogen and oxygen atoms in total. The molecule has 0 radical (unpaired) electrons. The van der Waals surface area contributed by atoms with Gasteiger partial charge in [0.15, 0.2) is 0 Å². The van der Waals surface area contributed by atoms with Gasteiger partial charge in [-0.15, -0.1) is 0 Å². The van der Waals surface area contributed by atoms with Crippen molar-refractivity contribution in [2.45, 2.75) is 39.5 Å². The fraction of sp³-hybridized carbons (Fsp3) is 0.333. The van der Waals surface area contributed by atoms with Crippen molar-refractivity contribution < 1.29 is 13.6 Å². The summed E-state index contributed by atoms with van der Waals surface area (Å²) in [6, 6.07) is 11.3. The number of hydrogen-bond acceptors (Lipinski definition) is 2. The van der Waals surface area contributed by atoms with Crippen molar-refractivity contribution in [2.75, 3.05) is 13.1 Å². The van der Waals surface area contributed by atoms with E-state index in [4.69, 9.17) is 0 Å². The Balaban J connectivity index is 0.00000124. The van der Waals surface area contributed by atoms with Crippen LogP contribution in [-0.4, -0.2) is 40.0 Å². The molecule has 0 atom stereocenters. The number of hydrogen-bond donors (Lipinski definition) is 1. The minimum absolute atomic E-state index is 0.0792. The van der Waals surface area contributed by atoms with Gasteiger partial charge in [-0.05, 0) is 41.8 Å². The molecule has 1 aliphatic rings. The lowest BCUT2D eigenvalue weighted by molar-refractivity contribution is 0.0120. The van der Waals surface area contributed by atoms with E-state index in [1.54, 1.807) is 18.2 Å². The number of carbonyl (C=O) groups excluding carboxylic acids is 1. The standard InChI is InChI=1S/C22H21F2N3O.C2H6/c1-3-16-10-15(5-4-14(16)2)11-20-18-12-17(6-7-19(18)25-26-20)21(28)27-9-8-22(23,24)13-27;1-2/h3-7,10,12H,1,8-9,11,13H2,2H3,(H,25,26);1-2H3. The molecule has 0 saturated carbocycles. The first-order chi connectivity index (χ1) is 14.4. The third-order valence-corrected chi connectivity index (χ3v) is 5.28. The van der Waals surface area contributed by atoms with Gasteiger partial charge < -0.3 is 4.90 Å². The highest BCUT2D eigenvalue weighted by Gasteiger charge is 2.40. The molecule has 4 rings (SSSR count). The van der Waals surface area contributed by atoms with Crippen molar-refractivity contribution in [3.05, 3.63) is 70.9 Å². The van der Waals surface area contributed by atoms with E-state index in [1.807, 2.05) is 32.9 Å². The van der Waals surface area contributed by atoms with Gasteiger partial charge in [0.2, 0.25) is 0 Å². The first-order valence-electron chi connectivity index (χ1n) is 10.2. The summed E-state index contributed by atoms with van der Waals surface area (Å²) in [5.74, 6) is -3.16. The van der Waals surface area contributed by atoms with Crippen LogP contribution in [0.4, 0.5) is 8.78 Å². The predicted octanol–water partition coefficient (Wildman–Crippen LogP) is 5.61. The molecular formula is C24H27F2N3O. The molecular weight excluding hydrogens is 384 g/mol. The molecule has 1 saturated heterocycles. The molecule has 1 fully saturated rings. The summed E-state index contributed by atoms with van der Waals surface area (Å²) in [4.78, 5) is 13.9. The highest BCUT2D eigenvalue weighted by Crippen LogP contribution is 2.29. The van der Waals surface area contributed by atoms with Gasteiger partial charge in [-0.1, -0.05) is 44.7 Å². The Morgan fingerprint density at radius 2 is 2.03 bits per heavy atom. The average Bonchev–Trinajstić information content (AvgIpc) is 3.32. The highest BCUT2D eigenvalue weighted by molar-refractivity contribution is 5.98. The average molecular weight is 411 g/mol. The SMILES string of the molecule is C=Cc1cc(Cc2[nH]nc3ccc(C(=O)N4CCC(F)(F)C4)cc23)ccc1C.CC. The van der Waals surface area contributed by atoms with Crippen LogP contribution in [0.1, 0.15) is 53.0 Å². The van der Waals surface area contributed by atoms with Gasteiger partial charge >= 0.3 is 0 Å². The van der Waals surface area contributed by atoms with Crippen LogP contribution in [0.2, 0.25) is 0 Å². The minimum Gasteiger partial charge on any atom is -0.332 e. The second kappa shape index (κ2) is 8.78. The molecule has 6 heteroatoms. The number of H-pyrrole nitrogens is 1. The van der Waals surface area contributed by atoms with Crippen molar-refractivity contribution in [3.8, 4) is 0 Å². The van der Waals surface area contributed by atoms with Crippen molar-refractivity contribution in [3.63, 3.8) is 0 Å². The van der Waals surface area contributed by atoms with E-state index in [0.717, 1.165) is 33.3 Å². The summed E-state index contributed by atoms with van der Waals surface area (Å²) in [5, 5.41) is 8.18. The molecule has 0 bridgehead atoms. The number of aromatic amines is 1. The summed E-state index contributed by atoms with van der Waals surface area (Å²) in [5.41, 5.74) is 5.37. The van der Waals surface area contributed by atoms with Gasteiger partial charge in [-0.25, -0.2) is 8.78 Å². The fourth-order valence-electron chi connectivity index (χ4n) is 3.65. The Morgan fingerprint density at radius 3 is 2.70 bits per heavy atom. The van der Waals surface area contributed by atoms with E-state index >= 15 is 0 Å². The molecule has 1 aliphatic heterocycles. The zero-order valence-electron chi connectivity index (χ0n) is 17.6. The van der Waals surface area contributed by atoms with Crippen LogP contribution in [0.5, 0.6) is 0 Å². The zero-order valence-corrected chi connectivity index (χ0v) is 17.6. The van der Waals surface area contributed by atoms with Crippen LogP contribution in [0, 0.1) is 6.92 Å². The lowest BCUT2D eigenvalue weighted by Gasteiger charge is -2.16. The highest BCUT2D eigenvalue weighted by atomic mass is 19.3. The van der Waals surface area contributed by atoms with Gasteiger partial charge in [-0.3, -0.25) is 9.89 Å². The largest absolute Gasteiger partial charge is 0.332 e. The summed E-state index contributed by atoms with van der Waals surface area (Å²) >= 11 is 0. The fourth-order valence-corrected chi connectivity index (χ4v) is 3.65. The first-order valence-corrected chi connectivity index (χ1v) is 10.2. The monoisotopic (exact) mass is 411 g/mol. The maximum atomic E-state index is 13.5. The van der Waals surface area contributed by atoms with E-state index < -0.39 is 12.5 Å². The maximum absolute atomic E-state index is 13.5. The van der Waals surface area contributed by atoms with E-state index in [0.29, 0.717) is 12.0 Å². The van der Waals surface area contributed by atoms with Crippen LogP contribution in [0.3, 0.4) is 0 Å². The minimum atomic E-state index is -2.80. The molecule has 0 aliphatic carbocycles. The van der Waals surface area contributed by atoms with Crippen molar-refractivity contribution in [2.24, 2.45) is 0 Å². The van der Waals surface area contributed by atoms with Gasteiger partial charge in [0.1, 0.15) is 0 Å². The predicted molar refractivity (Wildman–Crippen MR) is 117 cm³/mol. The van der Waals surface area contributed by atoms with Crippen molar-refractivity contribution in [1.82, 2.24) is 15.1 Å². The third-order valence-electron chi connectivity index (χ3n) is 5.28.